The number of amides is 2. The Kier molecular flexibility index (Phi) is 7.67. The standard InChI is InChI=1S/C16H22N2O4/c1-3-5-6-14(19)17-11-15(20)18-13-9-7-12(8-10-13)16(21)22-4-2/h7-10H,3-6,11H2,1-2H3,(H,17,19)(H,18,20). The summed E-state index contributed by atoms with van der Waals surface area (Å²) >= 11 is 0. The number of hydrogen-bond acceptors (Lipinski definition) is 4. The second kappa shape index (κ2) is 9.55. The van der Waals surface area contributed by atoms with Crippen LogP contribution < -0.4 is 10.6 Å². The maximum atomic E-state index is 11.7. The van der Waals surface area contributed by atoms with E-state index >= 15 is 0 Å². The molecule has 0 aromatic heterocycles. The topological polar surface area (TPSA) is 84.5 Å². The second-order valence-corrected chi connectivity index (χ2v) is 4.73. The zero-order chi connectivity index (χ0) is 16.4. The molecule has 2 N–H and O–H groups in total. The van der Waals surface area contributed by atoms with Gasteiger partial charge in [-0.15, -0.1) is 0 Å². The van der Waals surface area contributed by atoms with Crippen LogP contribution in [0.15, 0.2) is 24.3 Å². The fourth-order valence-electron chi connectivity index (χ4n) is 1.71. The molecule has 0 aliphatic heterocycles. The smallest absolute Gasteiger partial charge is 0.338 e. The zero-order valence-electron chi connectivity index (χ0n) is 13.0. The summed E-state index contributed by atoms with van der Waals surface area (Å²) < 4.78 is 4.87. The number of esters is 1. The molecule has 120 valence electrons. The van der Waals surface area contributed by atoms with Crippen LogP contribution >= 0.6 is 0 Å². The van der Waals surface area contributed by atoms with E-state index in [0.29, 0.717) is 24.3 Å². The van der Waals surface area contributed by atoms with Crippen LogP contribution in [-0.4, -0.2) is 30.9 Å². The summed E-state index contributed by atoms with van der Waals surface area (Å²) in [5.41, 5.74) is 0.980. The van der Waals surface area contributed by atoms with Gasteiger partial charge in [0.25, 0.3) is 0 Å². The van der Waals surface area contributed by atoms with Gasteiger partial charge in [0, 0.05) is 12.1 Å². The maximum absolute atomic E-state index is 11.7. The fraction of sp³-hybridized carbons (Fsp3) is 0.438. The first-order chi connectivity index (χ1) is 10.6. The summed E-state index contributed by atoms with van der Waals surface area (Å²) in [6.45, 7) is 3.98. The predicted molar refractivity (Wildman–Crippen MR) is 83.6 cm³/mol. The van der Waals surface area contributed by atoms with Crippen molar-refractivity contribution in [2.75, 3.05) is 18.5 Å². The summed E-state index contributed by atoms with van der Waals surface area (Å²) in [5, 5.41) is 5.20. The van der Waals surface area contributed by atoms with Gasteiger partial charge in [0.2, 0.25) is 11.8 Å². The lowest BCUT2D eigenvalue weighted by Crippen LogP contribution is -2.32. The minimum absolute atomic E-state index is 0.0673. The van der Waals surface area contributed by atoms with Crippen LogP contribution in [0.5, 0.6) is 0 Å². The molecule has 6 heteroatoms. The van der Waals surface area contributed by atoms with Gasteiger partial charge in [-0.05, 0) is 37.6 Å². The molecule has 2 amide bonds. The number of ether oxygens (including phenoxy) is 1. The molecule has 0 unspecified atom stereocenters. The van der Waals surface area contributed by atoms with E-state index in [-0.39, 0.29) is 18.4 Å². The van der Waals surface area contributed by atoms with E-state index in [4.69, 9.17) is 4.74 Å². The van der Waals surface area contributed by atoms with E-state index in [0.717, 1.165) is 12.8 Å². The highest BCUT2D eigenvalue weighted by molar-refractivity contribution is 5.95. The predicted octanol–water partition coefficient (Wildman–Crippen LogP) is 2.11. The summed E-state index contributed by atoms with van der Waals surface area (Å²) in [6.07, 6.45) is 2.17. The van der Waals surface area contributed by atoms with Gasteiger partial charge in [-0.1, -0.05) is 13.3 Å². The first-order valence-corrected chi connectivity index (χ1v) is 7.40. The van der Waals surface area contributed by atoms with Crippen LogP contribution in [0, 0.1) is 0 Å². The molecule has 6 nitrogen and oxygen atoms in total. The maximum Gasteiger partial charge on any atom is 0.338 e. The Balaban J connectivity index is 2.41. The van der Waals surface area contributed by atoms with Crippen molar-refractivity contribution >= 4 is 23.5 Å². The molecule has 0 saturated carbocycles. The second-order valence-electron chi connectivity index (χ2n) is 4.73. The van der Waals surface area contributed by atoms with Gasteiger partial charge in [-0.2, -0.15) is 0 Å². The van der Waals surface area contributed by atoms with Crippen molar-refractivity contribution in [3.63, 3.8) is 0 Å². The van der Waals surface area contributed by atoms with Crippen LogP contribution in [-0.2, 0) is 14.3 Å². The first-order valence-electron chi connectivity index (χ1n) is 7.40. The monoisotopic (exact) mass is 306 g/mol. The van der Waals surface area contributed by atoms with Crippen LogP contribution in [0.3, 0.4) is 0 Å². The summed E-state index contributed by atoms with van der Waals surface area (Å²) in [5.74, 6) is -0.841. The first kappa shape index (κ1) is 17.7. The van der Waals surface area contributed by atoms with Crippen molar-refractivity contribution < 1.29 is 19.1 Å². The summed E-state index contributed by atoms with van der Waals surface area (Å²) in [6, 6.07) is 6.38. The van der Waals surface area contributed by atoms with Gasteiger partial charge in [-0.3, -0.25) is 9.59 Å². The lowest BCUT2D eigenvalue weighted by Gasteiger charge is -2.07. The molecule has 0 aliphatic rings. The van der Waals surface area contributed by atoms with Crippen LogP contribution in [0.2, 0.25) is 0 Å². The van der Waals surface area contributed by atoms with Crippen LogP contribution in [0.1, 0.15) is 43.5 Å². The minimum atomic E-state index is -0.399. The van der Waals surface area contributed by atoms with Crippen LogP contribution in [0.25, 0.3) is 0 Å². The van der Waals surface area contributed by atoms with Gasteiger partial charge < -0.3 is 15.4 Å². The quantitative estimate of drug-likeness (QED) is 0.720. The summed E-state index contributed by atoms with van der Waals surface area (Å²) in [7, 11) is 0. The molecule has 0 spiro atoms. The Bertz CT molecular complexity index is 511. The SMILES string of the molecule is CCCCC(=O)NCC(=O)Nc1ccc(C(=O)OCC)cc1. The van der Waals surface area contributed by atoms with E-state index in [2.05, 4.69) is 10.6 Å². The molecule has 0 heterocycles. The molecule has 0 aliphatic carbocycles. The zero-order valence-corrected chi connectivity index (χ0v) is 13.0. The van der Waals surface area contributed by atoms with E-state index < -0.39 is 5.97 Å². The van der Waals surface area contributed by atoms with Crippen molar-refractivity contribution in [3.8, 4) is 0 Å². The molecule has 0 radical (unpaired) electrons. The number of hydrogen-bond donors (Lipinski definition) is 2. The molecule has 22 heavy (non-hydrogen) atoms. The number of carbonyl (C=O) groups is 3. The lowest BCUT2D eigenvalue weighted by atomic mass is 10.2. The summed E-state index contributed by atoms with van der Waals surface area (Å²) in [4.78, 5) is 34.6. The van der Waals surface area contributed by atoms with Gasteiger partial charge >= 0.3 is 5.97 Å². The molecule has 0 saturated heterocycles. The molecule has 0 atom stereocenters. The highest BCUT2D eigenvalue weighted by Crippen LogP contribution is 2.10. The normalized spacial score (nSPS) is 9.91. The third kappa shape index (κ3) is 6.39. The lowest BCUT2D eigenvalue weighted by molar-refractivity contribution is -0.124. The third-order valence-electron chi connectivity index (χ3n) is 2.88. The average molecular weight is 306 g/mol. The Morgan fingerprint density at radius 2 is 1.73 bits per heavy atom. The Morgan fingerprint density at radius 3 is 2.32 bits per heavy atom. The fourth-order valence-corrected chi connectivity index (χ4v) is 1.71. The van der Waals surface area contributed by atoms with E-state index in [1.165, 1.54) is 0 Å². The van der Waals surface area contributed by atoms with E-state index in [9.17, 15) is 14.4 Å². The Hall–Kier alpha value is -2.37. The number of anilines is 1. The molecule has 0 bridgehead atoms. The van der Waals surface area contributed by atoms with E-state index in [1.54, 1.807) is 31.2 Å². The number of rotatable bonds is 8. The highest BCUT2D eigenvalue weighted by Gasteiger charge is 2.08. The number of benzene rings is 1. The Labute approximate surface area is 130 Å². The molecule has 1 rings (SSSR count). The van der Waals surface area contributed by atoms with Crippen LogP contribution in [0.4, 0.5) is 5.69 Å². The van der Waals surface area contributed by atoms with Gasteiger partial charge in [0.15, 0.2) is 0 Å². The van der Waals surface area contributed by atoms with Crippen molar-refractivity contribution in [1.29, 1.82) is 0 Å². The van der Waals surface area contributed by atoms with Gasteiger partial charge in [0.05, 0.1) is 18.7 Å². The molecule has 0 fully saturated rings. The number of carbonyl (C=O) groups excluding carboxylic acids is 3. The molecule has 1 aromatic rings. The molecular formula is C16H22N2O4. The van der Waals surface area contributed by atoms with Gasteiger partial charge in [-0.25, -0.2) is 4.79 Å². The molecular weight excluding hydrogens is 284 g/mol. The van der Waals surface area contributed by atoms with Crippen molar-refractivity contribution in [3.05, 3.63) is 29.8 Å². The van der Waals surface area contributed by atoms with Crippen molar-refractivity contribution in [2.45, 2.75) is 33.1 Å². The Morgan fingerprint density at radius 1 is 1.05 bits per heavy atom. The largest absolute Gasteiger partial charge is 0.462 e. The van der Waals surface area contributed by atoms with Crippen molar-refractivity contribution in [2.24, 2.45) is 0 Å². The highest BCUT2D eigenvalue weighted by atomic mass is 16.5. The molecule has 1 aromatic carbocycles. The van der Waals surface area contributed by atoms with Crippen molar-refractivity contribution in [1.82, 2.24) is 5.32 Å². The third-order valence-corrected chi connectivity index (χ3v) is 2.88. The van der Waals surface area contributed by atoms with E-state index in [1.807, 2.05) is 6.92 Å². The number of unbranched alkanes of at least 4 members (excludes halogenated alkanes) is 1. The minimum Gasteiger partial charge on any atom is -0.462 e. The number of nitrogens with one attached hydrogen (secondary N) is 2. The van der Waals surface area contributed by atoms with Gasteiger partial charge in [0.1, 0.15) is 0 Å². The average Bonchev–Trinajstić information content (AvgIpc) is 2.52.